The van der Waals surface area contributed by atoms with Gasteiger partial charge >= 0.3 is 5.97 Å². The minimum atomic E-state index is -0.889. The number of hydrogen-bond donors (Lipinski definition) is 1. The maximum atomic E-state index is 12.7. The Hall–Kier alpha value is -1.09. The van der Waals surface area contributed by atoms with Crippen molar-refractivity contribution in [1.29, 1.82) is 0 Å². The molecule has 1 N–H and O–H groups in total. The van der Waals surface area contributed by atoms with Crippen molar-refractivity contribution in [3.8, 4) is 0 Å². The first-order valence-electron chi connectivity index (χ1n) is 4.61. The molecule has 0 heterocycles. The Kier molecular flexibility index (Phi) is 4.09. The second-order valence-corrected chi connectivity index (χ2v) is 3.86. The first-order chi connectivity index (χ1) is 7.06. The highest BCUT2D eigenvalue weighted by atomic mass is 35.5. The van der Waals surface area contributed by atoms with Gasteiger partial charge in [-0.05, 0) is 18.1 Å². The van der Waals surface area contributed by atoms with Crippen LogP contribution in [0.5, 0.6) is 0 Å². The molecule has 0 bridgehead atoms. The predicted molar refractivity (Wildman–Crippen MR) is 56.8 cm³/mol. The van der Waals surface area contributed by atoms with Crippen molar-refractivity contribution in [2.75, 3.05) is 0 Å². The summed E-state index contributed by atoms with van der Waals surface area (Å²) in [5.41, 5.74) is 1.06. The van der Waals surface area contributed by atoms with Gasteiger partial charge in [0.05, 0.1) is 5.92 Å². The molecule has 0 aliphatic heterocycles. The Bertz CT molecular complexity index is 366. The Morgan fingerprint density at radius 1 is 1.60 bits per heavy atom. The number of alkyl halides is 1. The molecule has 4 heteroatoms. The van der Waals surface area contributed by atoms with Gasteiger partial charge < -0.3 is 5.11 Å². The third-order valence-corrected chi connectivity index (χ3v) is 2.65. The summed E-state index contributed by atoms with van der Waals surface area (Å²) in [7, 11) is 0. The summed E-state index contributed by atoms with van der Waals surface area (Å²) >= 11 is 5.81. The molecule has 1 aromatic rings. The van der Waals surface area contributed by atoms with Crippen molar-refractivity contribution in [3.63, 3.8) is 0 Å². The lowest BCUT2D eigenvalue weighted by molar-refractivity contribution is -0.141. The monoisotopic (exact) mass is 230 g/mol. The molecule has 0 aliphatic carbocycles. The van der Waals surface area contributed by atoms with Crippen LogP contribution in [0, 0.1) is 5.92 Å². The Labute approximate surface area is 92.7 Å². The molecule has 0 amide bonds. The van der Waals surface area contributed by atoms with Crippen molar-refractivity contribution in [3.05, 3.63) is 34.3 Å². The van der Waals surface area contributed by atoms with Gasteiger partial charge in [0, 0.05) is 10.6 Å². The van der Waals surface area contributed by atoms with E-state index in [0.29, 0.717) is 22.6 Å². The zero-order valence-electron chi connectivity index (χ0n) is 8.34. The van der Waals surface area contributed by atoms with Gasteiger partial charge in [0.2, 0.25) is 0 Å². The van der Waals surface area contributed by atoms with Gasteiger partial charge in [-0.25, -0.2) is 4.39 Å². The normalized spacial score (nSPS) is 12.5. The number of hydrogen-bond acceptors (Lipinski definition) is 1. The maximum absolute atomic E-state index is 12.7. The largest absolute Gasteiger partial charge is 0.481 e. The van der Waals surface area contributed by atoms with Crippen LogP contribution in [0.3, 0.4) is 0 Å². The van der Waals surface area contributed by atoms with Crippen LogP contribution in [0.15, 0.2) is 18.2 Å². The van der Waals surface area contributed by atoms with Crippen LogP contribution >= 0.6 is 11.6 Å². The summed E-state index contributed by atoms with van der Waals surface area (Å²) in [6.45, 7) is 0.923. The van der Waals surface area contributed by atoms with E-state index < -0.39 is 18.6 Å². The second kappa shape index (κ2) is 5.12. The van der Waals surface area contributed by atoms with Gasteiger partial charge in [-0.3, -0.25) is 4.79 Å². The molecule has 2 nitrogen and oxygen atoms in total. The molecular formula is C11H12ClFO2. The van der Waals surface area contributed by atoms with Gasteiger partial charge in [-0.15, -0.1) is 0 Å². The van der Waals surface area contributed by atoms with E-state index >= 15 is 0 Å². The standard InChI is InChI=1S/C11H12ClFO2/c1-7(11(14)15)5-8-3-2-4-10(12)9(8)6-13/h2-4,7H,5-6H2,1H3,(H,14,15). The van der Waals surface area contributed by atoms with Crippen LogP contribution in [-0.2, 0) is 17.9 Å². The summed E-state index contributed by atoms with van der Waals surface area (Å²) in [5, 5.41) is 9.10. The number of carbonyl (C=O) groups is 1. The highest BCUT2D eigenvalue weighted by Crippen LogP contribution is 2.23. The van der Waals surface area contributed by atoms with E-state index in [4.69, 9.17) is 16.7 Å². The van der Waals surface area contributed by atoms with Crippen LogP contribution in [0.4, 0.5) is 4.39 Å². The molecule has 1 atom stereocenters. The zero-order valence-corrected chi connectivity index (χ0v) is 9.09. The van der Waals surface area contributed by atoms with Crippen LogP contribution in [0.25, 0.3) is 0 Å². The first-order valence-corrected chi connectivity index (χ1v) is 4.99. The molecule has 82 valence electrons. The van der Waals surface area contributed by atoms with E-state index in [1.165, 1.54) is 0 Å². The number of halogens is 2. The molecule has 1 rings (SSSR count). The molecule has 0 radical (unpaired) electrons. The minimum absolute atomic E-state index is 0.301. The van der Waals surface area contributed by atoms with Crippen molar-refractivity contribution < 1.29 is 14.3 Å². The fourth-order valence-electron chi connectivity index (χ4n) is 1.36. The van der Waals surface area contributed by atoms with Crippen molar-refractivity contribution in [2.24, 2.45) is 5.92 Å². The topological polar surface area (TPSA) is 37.3 Å². The van der Waals surface area contributed by atoms with E-state index in [9.17, 15) is 9.18 Å². The number of benzene rings is 1. The van der Waals surface area contributed by atoms with Crippen molar-refractivity contribution >= 4 is 17.6 Å². The zero-order chi connectivity index (χ0) is 11.4. The molecule has 1 unspecified atom stereocenters. The second-order valence-electron chi connectivity index (χ2n) is 3.45. The van der Waals surface area contributed by atoms with Crippen molar-refractivity contribution in [2.45, 2.75) is 20.0 Å². The first kappa shape index (κ1) is 12.0. The quantitative estimate of drug-likeness (QED) is 0.863. The Balaban J connectivity index is 2.94. The van der Waals surface area contributed by atoms with Gasteiger partial charge in [-0.2, -0.15) is 0 Å². The number of aliphatic carboxylic acids is 1. The predicted octanol–water partition coefficient (Wildman–Crippen LogP) is 3.07. The summed E-state index contributed by atoms with van der Waals surface area (Å²) < 4.78 is 12.7. The third-order valence-electron chi connectivity index (χ3n) is 2.30. The summed E-state index contributed by atoms with van der Waals surface area (Å²) in [6, 6.07) is 5.01. The molecule has 0 saturated carbocycles. The van der Waals surface area contributed by atoms with E-state index in [1.807, 2.05) is 0 Å². The van der Waals surface area contributed by atoms with Crippen LogP contribution in [0.2, 0.25) is 5.02 Å². The maximum Gasteiger partial charge on any atom is 0.306 e. The molecule has 15 heavy (non-hydrogen) atoms. The molecule has 0 aromatic heterocycles. The van der Waals surface area contributed by atoms with Gasteiger partial charge in [0.1, 0.15) is 6.67 Å². The fourth-order valence-corrected chi connectivity index (χ4v) is 1.61. The minimum Gasteiger partial charge on any atom is -0.481 e. The van der Waals surface area contributed by atoms with Crippen molar-refractivity contribution in [1.82, 2.24) is 0 Å². The van der Waals surface area contributed by atoms with Crippen LogP contribution in [0.1, 0.15) is 18.1 Å². The third kappa shape index (κ3) is 2.93. The van der Waals surface area contributed by atoms with E-state index in [0.717, 1.165) is 0 Å². The SMILES string of the molecule is CC(Cc1cccc(Cl)c1CF)C(=O)O. The number of carboxylic acids is 1. The van der Waals surface area contributed by atoms with E-state index in [2.05, 4.69) is 0 Å². The average molecular weight is 231 g/mol. The molecule has 1 aromatic carbocycles. The highest BCUT2D eigenvalue weighted by Gasteiger charge is 2.15. The highest BCUT2D eigenvalue weighted by molar-refractivity contribution is 6.31. The fraction of sp³-hybridized carbons (Fsp3) is 0.364. The molecule has 0 saturated heterocycles. The summed E-state index contributed by atoms with van der Waals surface area (Å²) in [6.07, 6.45) is 0.301. The Morgan fingerprint density at radius 3 is 2.80 bits per heavy atom. The Morgan fingerprint density at radius 2 is 2.27 bits per heavy atom. The lowest BCUT2D eigenvalue weighted by atomic mass is 9.97. The molecule has 0 aliphatic rings. The van der Waals surface area contributed by atoms with E-state index in [-0.39, 0.29) is 0 Å². The van der Waals surface area contributed by atoms with Crippen LogP contribution in [-0.4, -0.2) is 11.1 Å². The lowest BCUT2D eigenvalue weighted by Gasteiger charge is -2.10. The average Bonchev–Trinajstić information content (AvgIpc) is 2.18. The van der Waals surface area contributed by atoms with Gasteiger partial charge in [0.15, 0.2) is 0 Å². The number of carboxylic acid groups (broad SMARTS) is 1. The molecule has 0 spiro atoms. The lowest BCUT2D eigenvalue weighted by Crippen LogP contribution is -2.13. The number of rotatable bonds is 4. The molecule has 0 fully saturated rings. The smallest absolute Gasteiger partial charge is 0.306 e. The van der Waals surface area contributed by atoms with Gasteiger partial charge in [-0.1, -0.05) is 30.7 Å². The molecular weight excluding hydrogens is 219 g/mol. The summed E-state index contributed by atoms with van der Waals surface area (Å²) in [5.74, 6) is -1.42. The van der Waals surface area contributed by atoms with Gasteiger partial charge in [0.25, 0.3) is 0 Å². The summed E-state index contributed by atoms with van der Waals surface area (Å²) in [4.78, 5) is 10.7. The van der Waals surface area contributed by atoms with Crippen LogP contribution < -0.4 is 0 Å². The van der Waals surface area contributed by atoms with E-state index in [1.54, 1.807) is 25.1 Å².